The summed E-state index contributed by atoms with van der Waals surface area (Å²) >= 11 is 0. The standard InChI is InChI=1S/C12H13FN4/c1-8-10(14)5-9(13)6-11(8)17(2)12-7-15-3-4-16-12/h3-7H,14H2,1-2H3. The molecule has 0 unspecified atom stereocenters. The number of nitrogen functional groups attached to an aromatic ring is 1. The fourth-order valence-corrected chi connectivity index (χ4v) is 1.62. The summed E-state index contributed by atoms with van der Waals surface area (Å²) < 4.78 is 13.3. The third-order valence-corrected chi connectivity index (χ3v) is 2.64. The van der Waals surface area contributed by atoms with Crippen LogP contribution in [0.3, 0.4) is 0 Å². The minimum atomic E-state index is -0.362. The van der Waals surface area contributed by atoms with E-state index in [1.165, 1.54) is 12.1 Å². The van der Waals surface area contributed by atoms with Crippen LogP contribution in [0.15, 0.2) is 30.7 Å². The Kier molecular flexibility index (Phi) is 2.91. The van der Waals surface area contributed by atoms with Gasteiger partial charge in [0.15, 0.2) is 5.82 Å². The Balaban J connectivity index is 2.48. The molecule has 0 aliphatic carbocycles. The topological polar surface area (TPSA) is 55.0 Å². The van der Waals surface area contributed by atoms with E-state index in [0.29, 0.717) is 17.2 Å². The second-order valence-corrected chi connectivity index (χ2v) is 3.76. The first-order chi connectivity index (χ1) is 8.09. The van der Waals surface area contributed by atoms with Crippen molar-refractivity contribution in [1.82, 2.24) is 9.97 Å². The van der Waals surface area contributed by atoms with E-state index < -0.39 is 0 Å². The molecule has 0 spiro atoms. The van der Waals surface area contributed by atoms with Crippen LogP contribution in [0.1, 0.15) is 5.56 Å². The lowest BCUT2D eigenvalue weighted by atomic mass is 10.1. The van der Waals surface area contributed by atoms with Crippen LogP contribution in [0.2, 0.25) is 0 Å². The molecule has 17 heavy (non-hydrogen) atoms. The van der Waals surface area contributed by atoms with E-state index in [1.54, 1.807) is 30.5 Å². The number of nitrogens with zero attached hydrogens (tertiary/aromatic N) is 3. The Morgan fingerprint density at radius 3 is 2.71 bits per heavy atom. The summed E-state index contributed by atoms with van der Waals surface area (Å²) in [5.41, 5.74) is 7.66. The van der Waals surface area contributed by atoms with Crippen LogP contribution in [0.5, 0.6) is 0 Å². The molecular weight excluding hydrogens is 219 g/mol. The minimum Gasteiger partial charge on any atom is -0.398 e. The predicted molar refractivity (Wildman–Crippen MR) is 65.6 cm³/mol. The Hall–Kier alpha value is -2.17. The SMILES string of the molecule is Cc1c(N)cc(F)cc1N(C)c1cnccn1. The van der Waals surface area contributed by atoms with Gasteiger partial charge in [-0.25, -0.2) is 9.37 Å². The third-order valence-electron chi connectivity index (χ3n) is 2.64. The lowest BCUT2D eigenvalue weighted by Gasteiger charge is -2.20. The second kappa shape index (κ2) is 4.37. The molecule has 88 valence electrons. The first-order valence-corrected chi connectivity index (χ1v) is 5.15. The van der Waals surface area contributed by atoms with Gasteiger partial charge in [-0.05, 0) is 24.6 Å². The highest BCUT2D eigenvalue weighted by Crippen LogP contribution is 2.29. The molecule has 0 atom stereocenters. The maximum Gasteiger partial charge on any atom is 0.151 e. The van der Waals surface area contributed by atoms with E-state index in [4.69, 9.17) is 5.73 Å². The van der Waals surface area contributed by atoms with E-state index in [0.717, 1.165) is 5.56 Å². The van der Waals surface area contributed by atoms with Gasteiger partial charge in [0, 0.05) is 30.8 Å². The molecule has 0 fully saturated rings. The predicted octanol–water partition coefficient (Wildman–Crippen LogP) is 2.27. The number of nitrogens with two attached hydrogens (primary N) is 1. The number of benzene rings is 1. The zero-order valence-corrected chi connectivity index (χ0v) is 9.68. The van der Waals surface area contributed by atoms with Crippen molar-refractivity contribution in [2.75, 3.05) is 17.7 Å². The van der Waals surface area contributed by atoms with Crippen molar-refractivity contribution in [3.63, 3.8) is 0 Å². The molecule has 1 heterocycles. The highest BCUT2D eigenvalue weighted by molar-refractivity contribution is 5.69. The zero-order chi connectivity index (χ0) is 12.4. The number of hydrogen-bond acceptors (Lipinski definition) is 4. The highest BCUT2D eigenvalue weighted by Gasteiger charge is 2.11. The van der Waals surface area contributed by atoms with Crippen LogP contribution in [0.25, 0.3) is 0 Å². The minimum absolute atomic E-state index is 0.362. The average molecular weight is 232 g/mol. The number of rotatable bonds is 2. The maximum atomic E-state index is 13.3. The second-order valence-electron chi connectivity index (χ2n) is 3.76. The molecule has 5 heteroatoms. The number of hydrogen-bond donors (Lipinski definition) is 1. The van der Waals surface area contributed by atoms with E-state index >= 15 is 0 Å². The number of aromatic nitrogens is 2. The van der Waals surface area contributed by atoms with E-state index in [9.17, 15) is 4.39 Å². The largest absolute Gasteiger partial charge is 0.398 e. The van der Waals surface area contributed by atoms with Gasteiger partial charge in [0.2, 0.25) is 0 Å². The normalized spacial score (nSPS) is 10.3. The molecular formula is C12H13FN4. The average Bonchev–Trinajstić information content (AvgIpc) is 2.34. The Bertz CT molecular complexity index is 528. The van der Waals surface area contributed by atoms with Gasteiger partial charge >= 0.3 is 0 Å². The molecule has 1 aromatic carbocycles. The molecule has 0 amide bonds. The molecule has 0 radical (unpaired) electrons. The van der Waals surface area contributed by atoms with Crippen LogP contribution in [-0.4, -0.2) is 17.0 Å². The first kappa shape index (κ1) is 11.3. The summed E-state index contributed by atoms with van der Waals surface area (Å²) in [4.78, 5) is 9.88. The molecule has 2 rings (SSSR count). The van der Waals surface area contributed by atoms with Gasteiger partial charge in [-0.2, -0.15) is 0 Å². The Morgan fingerprint density at radius 1 is 1.29 bits per heavy atom. The Labute approximate surface area is 98.9 Å². The smallest absolute Gasteiger partial charge is 0.151 e. The van der Waals surface area contributed by atoms with Gasteiger partial charge < -0.3 is 10.6 Å². The monoisotopic (exact) mass is 232 g/mol. The van der Waals surface area contributed by atoms with Crippen molar-refractivity contribution in [3.05, 3.63) is 42.1 Å². The molecule has 2 N–H and O–H groups in total. The van der Waals surface area contributed by atoms with Gasteiger partial charge in [0.1, 0.15) is 5.82 Å². The molecule has 0 aliphatic heterocycles. The van der Waals surface area contributed by atoms with Crippen LogP contribution in [0.4, 0.5) is 21.6 Å². The van der Waals surface area contributed by atoms with Crippen LogP contribution < -0.4 is 10.6 Å². The van der Waals surface area contributed by atoms with Gasteiger partial charge in [-0.15, -0.1) is 0 Å². The zero-order valence-electron chi connectivity index (χ0n) is 9.68. The molecule has 2 aromatic rings. The number of halogens is 1. The lowest BCUT2D eigenvalue weighted by molar-refractivity contribution is 0.628. The number of anilines is 3. The summed E-state index contributed by atoms with van der Waals surface area (Å²) in [5.74, 6) is 0.277. The van der Waals surface area contributed by atoms with Crippen molar-refractivity contribution in [3.8, 4) is 0 Å². The fraction of sp³-hybridized carbons (Fsp3) is 0.167. The third kappa shape index (κ3) is 2.18. The fourth-order valence-electron chi connectivity index (χ4n) is 1.62. The summed E-state index contributed by atoms with van der Waals surface area (Å²) in [6, 6.07) is 2.74. The maximum absolute atomic E-state index is 13.3. The van der Waals surface area contributed by atoms with Crippen LogP contribution >= 0.6 is 0 Å². The molecule has 0 aliphatic rings. The first-order valence-electron chi connectivity index (χ1n) is 5.15. The van der Waals surface area contributed by atoms with Crippen molar-refractivity contribution in [1.29, 1.82) is 0 Å². The molecule has 1 aromatic heterocycles. The van der Waals surface area contributed by atoms with Gasteiger partial charge in [0.25, 0.3) is 0 Å². The van der Waals surface area contributed by atoms with Crippen molar-refractivity contribution >= 4 is 17.2 Å². The molecule has 0 bridgehead atoms. The van der Waals surface area contributed by atoms with Gasteiger partial charge in [-0.3, -0.25) is 4.98 Å². The Morgan fingerprint density at radius 2 is 2.06 bits per heavy atom. The lowest BCUT2D eigenvalue weighted by Crippen LogP contribution is -2.13. The molecule has 0 saturated carbocycles. The summed E-state index contributed by atoms with van der Waals surface area (Å²) in [7, 11) is 1.80. The van der Waals surface area contributed by atoms with Crippen LogP contribution in [-0.2, 0) is 0 Å². The van der Waals surface area contributed by atoms with E-state index in [2.05, 4.69) is 9.97 Å². The van der Waals surface area contributed by atoms with Crippen molar-refractivity contribution < 1.29 is 4.39 Å². The van der Waals surface area contributed by atoms with Crippen LogP contribution in [0, 0.1) is 12.7 Å². The van der Waals surface area contributed by atoms with Crippen molar-refractivity contribution in [2.45, 2.75) is 6.92 Å². The van der Waals surface area contributed by atoms with Crippen molar-refractivity contribution in [2.24, 2.45) is 0 Å². The summed E-state index contributed by atoms with van der Waals surface area (Å²) in [5, 5.41) is 0. The van der Waals surface area contributed by atoms with E-state index in [-0.39, 0.29) is 5.82 Å². The van der Waals surface area contributed by atoms with E-state index in [1.807, 2.05) is 6.92 Å². The van der Waals surface area contributed by atoms with Gasteiger partial charge in [-0.1, -0.05) is 0 Å². The van der Waals surface area contributed by atoms with Gasteiger partial charge in [0.05, 0.1) is 6.20 Å². The molecule has 4 nitrogen and oxygen atoms in total. The highest BCUT2D eigenvalue weighted by atomic mass is 19.1. The quantitative estimate of drug-likeness (QED) is 0.807. The molecule has 0 saturated heterocycles. The summed E-state index contributed by atoms with van der Waals surface area (Å²) in [6.07, 6.45) is 4.79. The summed E-state index contributed by atoms with van der Waals surface area (Å²) in [6.45, 7) is 1.84.